The Labute approximate surface area is 102 Å². The van der Waals surface area contributed by atoms with Gasteiger partial charge >= 0.3 is 11.9 Å². The van der Waals surface area contributed by atoms with Gasteiger partial charge < -0.3 is 15.5 Å². The maximum atomic E-state index is 11.8. The molecule has 0 fully saturated rings. The lowest BCUT2D eigenvalue weighted by molar-refractivity contribution is -0.145. The van der Waals surface area contributed by atoms with Crippen LogP contribution in [0.1, 0.15) is 22.5 Å². The van der Waals surface area contributed by atoms with Crippen molar-refractivity contribution in [3.05, 3.63) is 17.5 Å². The number of aliphatic carboxylic acids is 2. The van der Waals surface area contributed by atoms with Gasteiger partial charge in [0.1, 0.15) is 6.04 Å². The highest BCUT2D eigenvalue weighted by molar-refractivity contribution is 5.98. The smallest absolute Gasteiger partial charge is 0.326 e. The number of nitrogens with zero attached hydrogens (tertiary/aromatic N) is 2. The van der Waals surface area contributed by atoms with Crippen LogP contribution in [0.5, 0.6) is 0 Å². The number of nitrogens with one attached hydrogen (secondary N) is 1. The quantitative estimate of drug-likeness (QED) is 0.645. The molecule has 0 aliphatic rings. The second-order valence-electron chi connectivity index (χ2n) is 3.73. The molecule has 0 unspecified atom stereocenters. The van der Waals surface area contributed by atoms with E-state index in [4.69, 9.17) is 10.2 Å². The maximum absolute atomic E-state index is 11.8. The number of carbonyl (C=O) groups is 3. The summed E-state index contributed by atoms with van der Waals surface area (Å²) in [5.74, 6) is -3.35. The van der Waals surface area contributed by atoms with Crippen LogP contribution in [0.15, 0.2) is 6.20 Å². The monoisotopic (exact) mass is 255 g/mol. The Bertz CT molecular complexity index is 494. The molecule has 0 aliphatic carbocycles. The van der Waals surface area contributed by atoms with Gasteiger partial charge in [-0.2, -0.15) is 5.10 Å². The molecule has 8 nitrogen and oxygen atoms in total. The Morgan fingerprint density at radius 2 is 2.06 bits per heavy atom. The van der Waals surface area contributed by atoms with Gasteiger partial charge in [-0.1, -0.05) is 0 Å². The predicted octanol–water partition coefficient (Wildman–Crippen LogP) is -0.614. The van der Waals surface area contributed by atoms with Gasteiger partial charge in [0.05, 0.1) is 18.2 Å². The molecule has 1 atom stereocenters. The zero-order valence-corrected chi connectivity index (χ0v) is 9.88. The fourth-order valence-electron chi connectivity index (χ4n) is 1.33. The van der Waals surface area contributed by atoms with Gasteiger partial charge in [0, 0.05) is 12.7 Å². The van der Waals surface area contributed by atoms with E-state index in [1.54, 1.807) is 14.0 Å². The van der Waals surface area contributed by atoms with Crippen LogP contribution in [0.3, 0.4) is 0 Å². The van der Waals surface area contributed by atoms with E-state index in [0.717, 1.165) is 0 Å². The summed E-state index contributed by atoms with van der Waals surface area (Å²) in [6.07, 6.45) is 0.616. The van der Waals surface area contributed by atoms with Crippen LogP contribution in [0.25, 0.3) is 0 Å². The first-order valence-electron chi connectivity index (χ1n) is 5.07. The van der Waals surface area contributed by atoms with Crippen LogP contribution in [0.2, 0.25) is 0 Å². The summed E-state index contributed by atoms with van der Waals surface area (Å²) >= 11 is 0. The Hall–Kier alpha value is -2.38. The Kier molecular flexibility index (Phi) is 4.03. The van der Waals surface area contributed by atoms with Crippen LogP contribution in [-0.2, 0) is 16.6 Å². The van der Waals surface area contributed by atoms with Gasteiger partial charge in [0.2, 0.25) is 0 Å². The van der Waals surface area contributed by atoms with Gasteiger partial charge in [-0.3, -0.25) is 14.3 Å². The average Bonchev–Trinajstić information content (AvgIpc) is 2.58. The molecular weight excluding hydrogens is 242 g/mol. The van der Waals surface area contributed by atoms with Gasteiger partial charge in [-0.25, -0.2) is 4.79 Å². The fraction of sp³-hybridized carbons (Fsp3) is 0.400. The van der Waals surface area contributed by atoms with Crippen molar-refractivity contribution in [2.45, 2.75) is 19.4 Å². The molecule has 0 saturated carbocycles. The largest absolute Gasteiger partial charge is 0.481 e. The van der Waals surface area contributed by atoms with Crippen LogP contribution < -0.4 is 5.32 Å². The molecule has 3 N–H and O–H groups in total. The maximum Gasteiger partial charge on any atom is 0.326 e. The number of rotatable bonds is 5. The number of carbonyl (C=O) groups excluding carboxylic acids is 1. The second-order valence-corrected chi connectivity index (χ2v) is 3.73. The molecule has 1 aromatic rings. The number of amides is 1. The molecule has 0 aromatic carbocycles. The number of carboxylic acids is 2. The minimum Gasteiger partial charge on any atom is -0.481 e. The zero-order chi connectivity index (χ0) is 13.9. The van der Waals surface area contributed by atoms with E-state index in [-0.39, 0.29) is 5.56 Å². The number of aromatic nitrogens is 2. The zero-order valence-electron chi connectivity index (χ0n) is 9.88. The Balaban J connectivity index is 2.82. The molecule has 1 aromatic heterocycles. The fourth-order valence-corrected chi connectivity index (χ4v) is 1.33. The number of aryl methyl sites for hydroxylation is 1. The van der Waals surface area contributed by atoms with Crippen molar-refractivity contribution in [3.63, 3.8) is 0 Å². The minimum absolute atomic E-state index is 0.217. The lowest BCUT2D eigenvalue weighted by Gasteiger charge is -2.11. The Morgan fingerprint density at radius 1 is 1.44 bits per heavy atom. The third-order valence-electron chi connectivity index (χ3n) is 2.46. The predicted molar refractivity (Wildman–Crippen MR) is 59.1 cm³/mol. The summed E-state index contributed by atoms with van der Waals surface area (Å²) in [4.78, 5) is 33.0. The number of hydrogen-bond donors (Lipinski definition) is 3. The molecule has 0 bridgehead atoms. The van der Waals surface area contributed by atoms with Crippen molar-refractivity contribution in [2.24, 2.45) is 7.05 Å². The van der Waals surface area contributed by atoms with Gasteiger partial charge in [0.25, 0.3) is 5.91 Å². The first-order chi connectivity index (χ1) is 8.32. The van der Waals surface area contributed by atoms with Crippen molar-refractivity contribution < 1.29 is 24.6 Å². The van der Waals surface area contributed by atoms with Crippen LogP contribution in [-0.4, -0.2) is 43.9 Å². The van der Waals surface area contributed by atoms with E-state index >= 15 is 0 Å². The summed E-state index contributed by atoms with van der Waals surface area (Å²) in [7, 11) is 1.64. The highest BCUT2D eigenvalue weighted by Crippen LogP contribution is 2.06. The Morgan fingerprint density at radius 3 is 2.44 bits per heavy atom. The highest BCUT2D eigenvalue weighted by Gasteiger charge is 2.24. The lowest BCUT2D eigenvalue weighted by Crippen LogP contribution is -2.42. The van der Waals surface area contributed by atoms with E-state index in [0.29, 0.717) is 5.69 Å². The molecule has 1 rings (SSSR count). The van der Waals surface area contributed by atoms with E-state index in [1.165, 1.54) is 10.9 Å². The van der Waals surface area contributed by atoms with E-state index in [1.807, 2.05) is 0 Å². The molecule has 0 spiro atoms. The summed E-state index contributed by atoms with van der Waals surface area (Å²) in [6.45, 7) is 1.65. The molecule has 0 saturated heterocycles. The van der Waals surface area contributed by atoms with Crippen molar-refractivity contribution in [1.29, 1.82) is 0 Å². The van der Waals surface area contributed by atoms with Crippen molar-refractivity contribution in [1.82, 2.24) is 15.1 Å². The van der Waals surface area contributed by atoms with Crippen LogP contribution in [0.4, 0.5) is 0 Å². The van der Waals surface area contributed by atoms with Gasteiger partial charge in [0.15, 0.2) is 0 Å². The molecule has 0 aliphatic heterocycles. The van der Waals surface area contributed by atoms with Crippen molar-refractivity contribution in [3.8, 4) is 0 Å². The topological polar surface area (TPSA) is 122 Å². The summed E-state index contributed by atoms with van der Waals surface area (Å²) in [6, 6.07) is -1.46. The van der Waals surface area contributed by atoms with Gasteiger partial charge in [-0.15, -0.1) is 0 Å². The summed E-state index contributed by atoms with van der Waals surface area (Å²) in [5.41, 5.74) is 0.779. The summed E-state index contributed by atoms with van der Waals surface area (Å²) in [5, 5.41) is 23.3. The molecule has 0 radical (unpaired) electrons. The first-order valence-corrected chi connectivity index (χ1v) is 5.07. The molecule has 18 heavy (non-hydrogen) atoms. The minimum atomic E-state index is -1.46. The van der Waals surface area contributed by atoms with Crippen LogP contribution >= 0.6 is 0 Å². The SMILES string of the molecule is Cc1c(C(=O)N[C@H](CC(=O)O)C(=O)O)cnn1C. The molecular formula is C10H13N3O5. The second kappa shape index (κ2) is 5.30. The number of carboxylic acid groups (broad SMARTS) is 2. The molecule has 1 heterocycles. The standard InChI is InChI=1S/C10H13N3O5/c1-5-6(4-11-13(5)2)9(16)12-7(10(17)18)3-8(14)15/h4,7H,3H2,1-2H3,(H,12,16)(H,14,15)(H,17,18)/t7-/m1/s1. The van der Waals surface area contributed by atoms with Crippen molar-refractivity contribution in [2.75, 3.05) is 0 Å². The third kappa shape index (κ3) is 3.06. The summed E-state index contributed by atoms with van der Waals surface area (Å²) < 4.78 is 1.46. The van der Waals surface area contributed by atoms with Crippen molar-refractivity contribution >= 4 is 17.8 Å². The van der Waals surface area contributed by atoms with E-state index in [9.17, 15) is 14.4 Å². The lowest BCUT2D eigenvalue weighted by atomic mass is 10.2. The molecule has 1 amide bonds. The third-order valence-corrected chi connectivity index (χ3v) is 2.46. The highest BCUT2D eigenvalue weighted by atomic mass is 16.4. The molecule has 98 valence electrons. The van der Waals surface area contributed by atoms with Gasteiger partial charge in [-0.05, 0) is 6.92 Å². The van der Waals surface area contributed by atoms with E-state index in [2.05, 4.69) is 10.4 Å². The van der Waals surface area contributed by atoms with E-state index < -0.39 is 30.3 Å². The van der Waals surface area contributed by atoms with Crippen LogP contribution in [0, 0.1) is 6.92 Å². The first kappa shape index (κ1) is 13.7. The molecule has 8 heteroatoms. The number of hydrogen-bond acceptors (Lipinski definition) is 4. The average molecular weight is 255 g/mol. The normalized spacial score (nSPS) is 11.9.